The zero-order chi connectivity index (χ0) is 15.2. The molecule has 1 N–H and O–H groups in total. The Morgan fingerprint density at radius 2 is 2.14 bits per heavy atom. The van der Waals surface area contributed by atoms with Gasteiger partial charge in [-0.1, -0.05) is 22.9 Å². The predicted octanol–water partition coefficient (Wildman–Crippen LogP) is 4.24. The van der Waals surface area contributed by atoms with E-state index in [4.69, 9.17) is 0 Å². The average molecular weight is 350 g/mol. The van der Waals surface area contributed by atoms with Crippen LogP contribution in [-0.4, -0.2) is 30.6 Å². The van der Waals surface area contributed by atoms with Crippen molar-refractivity contribution in [2.24, 2.45) is 5.92 Å². The molecule has 1 heterocycles. The van der Waals surface area contributed by atoms with Crippen LogP contribution in [0.25, 0.3) is 0 Å². The van der Waals surface area contributed by atoms with Crippen molar-refractivity contribution in [2.45, 2.75) is 39.2 Å². The number of nitrogens with one attached hydrogen (secondary N) is 1. The first kappa shape index (κ1) is 16.3. The van der Waals surface area contributed by atoms with E-state index in [1.165, 1.54) is 38.9 Å². The van der Waals surface area contributed by atoms with E-state index in [0.717, 1.165) is 10.2 Å². The summed E-state index contributed by atoms with van der Waals surface area (Å²) >= 11 is 3.48. The zero-order valence-corrected chi connectivity index (χ0v) is 14.5. The highest BCUT2D eigenvalue weighted by molar-refractivity contribution is 9.10. The number of likely N-dealkylation sites (tertiary alicyclic amines) is 1. The molecule has 1 atom stereocenters. The number of anilines is 1. The predicted molar refractivity (Wildman–Crippen MR) is 91.4 cm³/mol. The molecule has 0 aromatic heterocycles. The van der Waals surface area contributed by atoms with E-state index < -0.39 is 0 Å². The van der Waals surface area contributed by atoms with Crippen LogP contribution in [0, 0.1) is 17.2 Å². The molecule has 0 amide bonds. The summed E-state index contributed by atoms with van der Waals surface area (Å²) in [6.45, 7) is 8.11. The molecule has 4 heteroatoms. The summed E-state index contributed by atoms with van der Waals surface area (Å²) < 4.78 is 1.01. The summed E-state index contributed by atoms with van der Waals surface area (Å²) in [6, 6.07) is 8.44. The second-order valence-corrected chi connectivity index (χ2v) is 6.83. The molecule has 1 aliphatic rings. The summed E-state index contributed by atoms with van der Waals surface area (Å²) in [7, 11) is 0. The van der Waals surface area contributed by atoms with Crippen LogP contribution >= 0.6 is 15.9 Å². The van der Waals surface area contributed by atoms with Gasteiger partial charge in [0.25, 0.3) is 0 Å². The van der Waals surface area contributed by atoms with E-state index in [1.54, 1.807) is 0 Å². The maximum absolute atomic E-state index is 9.21. The molecule has 21 heavy (non-hydrogen) atoms. The van der Waals surface area contributed by atoms with Gasteiger partial charge in [0.1, 0.15) is 6.07 Å². The molecule has 0 radical (unpaired) electrons. The van der Waals surface area contributed by atoms with E-state index in [-0.39, 0.29) is 0 Å². The first-order chi connectivity index (χ1) is 10.1. The van der Waals surface area contributed by atoms with Crippen molar-refractivity contribution in [3.63, 3.8) is 0 Å². The number of rotatable bonds is 5. The third-order valence-corrected chi connectivity index (χ3v) is 4.86. The third kappa shape index (κ3) is 4.46. The Kier molecular flexibility index (Phi) is 6.08. The Morgan fingerprint density at radius 3 is 2.76 bits per heavy atom. The van der Waals surface area contributed by atoms with Gasteiger partial charge in [0.15, 0.2) is 0 Å². The lowest BCUT2D eigenvalue weighted by molar-refractivity contribution is 0.176. The first-order valence-electron chi connectivity index (χ1n) is 7.82. The van der Waals surface area contributed by atoms with E-state index in [9.17, 15) is 5.26 Å². The molecule has 2 rings (SSSR count). The van der Waals surface area contributed by atoms with Crippen LogP contribution < -0.4 is 5.32 Å². The van der Waals surface area contributed by atoms with Gasteiger partial charge in [0.2, 0.25) is 0 Å². The van der Waals surface area contributed by atoms with Crippen molar-refractivity contribution >= 4 is 21.6 Å². The van der Waals surface area contributed by atoms with Gasteiger partial charge in [0, 0.05) is 10.5 Å². The highest BCUT2D eigenvalue weighted by atomic mass is 79.9. The van der Waals surface area contributed by atoms with Gasteiger partial charge < -0.3 is 10.2 Å². The lowest BCUT2D eigenvalue weighted by Gasteiger charge is -2.35. The van der Waals surface area contributed by atoms with Crippen molar-refractivity contribution < 1.29 is 0 Å². The Labute approximate surface area is 136 Å². The fraction of sp³-hybridized carbons (Fsp3) is 0.588. The summed E-state index contributed by atoms with van der Waals surface area (Å²) in [4.78, 5) is 2.56. The number of piperidine rings is 1. The van der Waals surface area contributed by atoms with Crippen molar-refractivity contribution in [2.75, 3.05) is 25.0 Å². The van der Waals surface area contributed by atoms with Crippen molar-refractivity contribution in [3.8, 4) is 6.07 Å². The van der Waals surface area contributed by atoms with E-state index in [0.29, 0.717) is 17.5 Å². The van der Waals surface area contributed by atoms with Crippen LogP contribution in [0.2, 0.25) is 0 Å². The average Bonchev–Trinajstić information content (AvgIpc) is 2.48. The van der Waals surface area contributed by atoms with Crippen LogP contribution in [0.1, 0.15) is 38.7 Å². The van der Waals surface area contributed by atoms with Gasteiger partial charge in [-0.3, -0.25) is 0 Å². The molecule has 1 aromatic rings. The number of nitriles is 1. The number of hydrogen-bond donors (Lipinski definition) is 1. The molecule has 1 unspecified atom stereocenters. The Hall–Kier alpha value is -1.05. The van der Waals surface area contributed by atoms with Gasteiger partial charge in [-0.25, -0.2) is 0 Å². The molecule has 0 bridgehead atoms. The van der Waals surface area contributed by atoms with Gasteiger partial charge in [0.05, 0.1) is 11.3 Å². The summed E-state index contributed by atoms with van der Waals surface area (Å²) in [5, 5.41) is 12.8. The smallest absolute Gasteiger partial charge is 0.101 e. The quantitative estimate of drug-likeness (QED) is 0.863. The summed E-state index contributed by atoms with van der Waals surface area (Å²) in [5.74, 6) is 0.684. The van der Waals surface area contributed by atoms with Crippen molar-refractivity contribution in [1.82, 2.24) is 4.90 Å². The molecule has 0 saturated carbocycles. The molecular formula is C17H24BrN3. The normalized spacial score (nSPS) is 18.2. The second kappa shape index (κ2) is 7.82. The van der Waals surface area contributed by atoms with Crippen LogP contribution in [0.5, 0.6) is 0 Å². The van der Waals surface area contributed by atoms with Gasteiger partial charge >= 0.3 is 0 Å². The minimum absolute atomic E-state index is 0.398. The number of hydrogen-bond acceptors (Lipinski definition) is 3. The molecule has 1 aliphatic heterocycles. The van der Waals surface area contributed by atoms with Crippen molar-refractivity contribution in [1.29, 1.82) is 5.26 Å². The molecule has 1 fully saturated rings. The largest absolute Gasteiger partial charge is 0.381 e. The first-order valence-corrected chi connectivity index (χ1v) is 8.62. The molecule has 1 saturated heterocycles. The summed E-state index contributed by atoms with van der Waals surface area (Å²) in [5.41, 5.74) is 1.66. The Bertz CT molecular complexity index is 501. The van der Waals surface area contributed by atoms with Crippen LogP contribution in [0.4, 0.5) is 5.69 Å². The molecule has 3 nitrogen and oxygen atoms in total. The SMILES string of the molecule is CCCN1CCC(C(C)Nc2cc(Br)ccc2C#N)CC1. The van der Waals surface area contributed by atoms with E-state index >= 15 is 0 Å². The van der Waals surface area contributed by atoms with Crippen LogP contribution in [0.15, 0.2) is 22.7 Å². The fourth-order valence-electron chi connectivity index (χ4n) is 3.09. The van der Waals surface area contributed by atoms with E-state index in [2.05, 4.69) is 46.1 Å². The minimum atomic E-state index is 0.398. The highest BCUT2D eigenvalue weighted by Crippen LogP contribution is 2.26. The lowest BCUT2D eigenvalue weighted by Crippen LogP contribution is -2.39. The standard InChI is InChI=1S/C17H24BrN3/c1-3-8-21-9-6-14(7-10-21)13(2)20-17-11-16(18)5-4-15(17)12-19/h4-5,11,13-14,20H,3,6-10H2,1-2H3. The maximum Gasteiger partial charge on any atom is 0.101 e. The molecule has 0 spiro atoms. The van der Waals surface area contributed by atoms with Gasteiger partial charge in [-0.2, -0.15) is 5.26 Å². The second-order valence-electron chi connectivity index (χ2n) is 5.91. The molecule has 1 aromatic carbocycles. The Balaban J connectivity index is 1.95. The molecule has 114 valence electrons. The fourth-order valence-corrected chi connectivity index (χ4v) is 3.45. The number of nitrogens with zero attached hydrogens (tertiary/aromatic N) is 2. The van der Waals surface area contributed by atoms with Gasteiger partial charge in [-0.05, 0) is 69.9 Å². The van der Waals surface area contributed by atoms with Gasteiger partial charge in [-0.15, -0.1) is 0 Å². The number of benzene rings is 1. The summed E-state index contributed by atoms with van der Waals surface area (Å²) in [6.07, 6.45) is 3.72. The zero-order valence-electron chi connectivity index (χ0n) is 12.9. The number of halogens is 1. The molecular weight excluding hydrogens is 326 g/mol. The third-order valence-electron chi connectivity index (χ3n) is 4.36. The molecule has 0 aliphatic carbocycles. The maximum atomic E-state index is 9.21. The minimum Gasteiger partial charge on any atom is -0.381 e. The Morgan fingerprint density at radius 1 is 1.43 bits per heavy atom. The lowest BCUT2D eigenvalue weighted by atomic mass is 9.90. The van der Waals surface area contributed by atoms with Crippen LogP contribution in [-0.2, 0) is 0 Å². The topological polar surface area (TPSA) is 39.1 Å². The highest BCUT2D eigenvalue weighted by Gasteiger charge is 2.23. The van der Waals surface area contributed by atoms with Crippen LogP contribution in [0.3, 0.4) is 0 Å². The monoisotopic (exact) mass is 349 g/mol. The van der Waals surface area contributed by atoms with Crippen molar-refractivity contribution in [3.05, 3.63) is 28.2 Å². The van der Waals surface area contributed by atoms with E-state index in [1.807, 2.05) is 18.2 Å².